The van der Waals surface area contributed by atoms with E-state index in [1.807, 2.05) is 45.0 Å². The zero-order chi connectivity index (χ0) is 22.5. The van der Waals surface area contributed by atoms with Crippen molar-refractivity contribution in [2.24, 2.45) is 0 Å². The summed E-state index contributed by atoms with van der Waals surface area (Å²) in [5.41, 5.74) is 3.51. The van der Waals surface area contributed by atoms with Gasteiger partial charge in [0.25, 0.3) is 5.91 Å². The van der Waals surface area contributed by atoms with Gasteiger partial charge in [-0.3, -0.25) is 9.59 Å². The minimum atomic E-state index is -0.365. The summed E-state index contributed by atoms with van der Waals surface area (Å²) in [4.78, 5) is 25.2. The fraction of sp³-hybridized carbons (Fsp3) is 0.261. The van der Waals surface area contributed by atoms with Crippen molar-refractivity contribution in [1.29, 1.82) is 0 Å². The van der Waals surface area contributed by atoms with Gasteiger partial charge in [0.05, 0.1) is 42.5 Å². The van der Waals surface area contributed by atoms with Gasteiger partial charge in [-0.05, 0) is 54.8 Å². The van der Waals surface area contributed by atoms with Crippen LogP contribution in [0.1, 0.15) is 41.4 Å². The van der Waals surface area contributed by atoms with E-state index < -0.39 is 0 Å². The maximum atomic E-state index is 12.8. The van der Waals surface area contributed by atoms with Gasteiger partial charge in [0.15, 0.2) is 0 Å². The molecule has 0 saturated carbocycles. The fourth-order valence-electron chi connectivity index (χ4n) is 3.25. The van der Waals surface area contributed by atoms with Crippen LogP contribution < -0.4 is 15.4 Å². The molecule has 162 valence electrons. The van der Waals surface area contributed by atoms with Gasteiger partial charge in [0.2, 0.25) is 5.91 Å². The number of nitrogens with zero attached hydrogens (tertiary/aromatic N) is 2. The molecule has 7 nitrogen and oxygen atoms in total. The lowest BCUT2D eigenvalue weighted by molar-refractivity contribution is -0.115. The molecule has 0 aliphatic carbocycles. The number of anilines is 1. The van der Waals surface area contributed by atoms with E-state index in [0.29, 0.717) is 22.0 Å². The first kappa shape index (κ1) is 22.4. The van der Waals surface area contributed by atoms with Crippen molar-refractivity contribution in [1.82, 2.24) is 15.1 Å². The molecule has 1 heterocycles. The number of ether oxygens (including phenoxy) is 1. The average molecular weight is 441 g/mol. The standard InChI is InChI=1S/C23H25ClN4O3/c1-14(2)22-18(12-26-28(22)17-8-6-16(24)7-9-17)23(30)25-13-21(29)27-19-11-15(3)5-10-20(19)31-4/h5-12,14H,13H2,1-4H3,(H,25,30)(H,27,29). The Hall–Kier alpha value is -3.32. The Balaban J connectivity index is 1.73. The molecule has 3 aromatic rings. The third-order valence-corrected chi connectivity index (χ3v) is 4.96. The number of amides is 2. The number of hydrogen-bond donors (Lipinski definition) is 2. The van der Waals surface area contributed by atoms with Crippen molar-refractivity contribution in [3.8, 4) is 11.4 Å². The minimum absolute atomic E-state index is 0.0318. The van der Waals surface area contributed by atoms with E-state index >= 15 is 0 Å². The van der Waals surface area contributed by atoms with Gasteiger partial charge in [-0.25, -0.2) is 4.68 Å². The van der Waals surface area contributed by atoms with Crippen LogP contribution in [-0.4, -0.2) is 35.2 Å². The van der Waals surface area contributed by atoms with Crippen LogP contribution >= 0.6 is 11.6 Å². The molecule has 2 aromatic carbocycles. The number of aryl methyl sites for hydroxylation is 1. The Morgan fingerprint density at radius 3 is 2.52 bits per heavy atom. The van der Waals surface area contributed by atoms with Gasteiger partial charge in [-0.15, -0.1) is 0 Å². The Morgan fingerprint density at radius 1 is 1.16 bits per heavy atom. The summed E-state index contributed by atoms with van der Waals surface area (Å²) in [5, 5.41) is 10.4. The van der Waals surface area contributed by atoms with Crippen LogP contribution in [0.25, 0.3) is 5.69 Å². The number of carbonyl (C=O) groups is 2. The molecule has 0 aliphatic heterocycles. The van der Waals surface area contributed by atoms with E-state index in [1.54, 1.807) is 22.9 Å². The Bertz CT molecular complexity index is 1090. The van der Waals surface area contributed by atoms with Crippen LogP contribution in [-0.2, 0) is 4.79 Å². The smallest absolute Gasteiger partial charge is 0.255 e. The van der Waals surface area contributed by atoms with E-state index in [9.17, 15) is 9.59 Å². The van der Waals surface area contributed by atoms with Gasteiger partial charge in [-0.2, -0.15) is 5.10 Å². The van der Waals surface area contributed by atoms with Gasteiger partial charge in [0.1, 0.15) is 5.75 Å². The second-order valence-electron chi connectivity index (χ2n) is 7.42. The minimum Gasteiger partial charge on any atom is -0.495 e. The second kappa shape index (κ2) is 9.66. The molecule has 3 rings (SSSR count). The van der Waals surface area contributed by atoms with Crippen molar-refractivity contribution in [3.05, 3.63) is 70.5 Å². The first-order valence-electron chi connectivity index (χ1n) is 9.86. The molecular formula is C23H25ClN4O3. The fourth-order valence-corrected chi connectivity index (χ4v) is 3.37. The van der Waals surface area contributed by atoms with Crippen LogP contribution in [0.2, 0.25) is 5.02 Å². The van der Waals surface area contributed by atoms with E-state index in [4.69, 9.17) is 16.3 Å². The molecule has 0 unspecified atom stereocenters. The highest BCUT2D eigenvalue weighted by Gasteiger charge is 2.21. The lowest BCUT2D eigenvalue weighted by atomic mass is 10.1. The highest BCUT2D eigenvalue weighted by Crippen LogP contribution is 2.25. The Labute approximate surface area is 186 Å². The molecule has 1 aromatic heterocycles. The monoisotopic (exact) mass is 440 g/mol. The van der Waals surface area contributed by atoms with E-state index in [1.165, 1.54) is 13.3 Å². The normalized spacial score (nSPS) is 10.8. The highest BCUT2D eigenvalue weighted by molar-refractivity contribution is 6.30. The first-order valence-corrected chi connectivity index (χ1v) is 10.2. The van der Waals surface area contributed by atoms with Crippen molar-refractivity contribution in [2.75, 3.05) is 19.0 Å². The predicted octanol–water partition coefficient (Wildman–Crippen LogP) is 4.33. The van der Waals surface area contributed by atoms with Crippen LogP contribution in [0, 0.1) is 6.92 Å². The van der Waals surface area contributed by atoms with Crippen LogP contribution in [0.15, 0.2) is 48.7 Å². The number of hydrogen-bond acceptors (Lipinski definition) is 4. The van der Waals surface area contributed by atoms with E-state index in [0.717, 1.165) is 16.9 Å². The first-order chi connectivity index (χ1) is 14.8. The van der Waals surface area contributed by atoms with Crippen molar-refractivity contribution in [2.45, 2.75) is 26.7 Å². The molecule has 0 bridgehead atoms. The summed E-state index contributed by atoms with van der Waals surface area (Å²) < 4.78 is 6.98. The molecule has 0 saturated heterocycles. The summed E-state index contributed by atoms with van der Waals surface area (Å²) in [7, 11) is 1.54. The van der Waals surface area contributed by atoms with Gasteiger partial charge < -0.3 is 15.4 Å². The summed E-state index contributed by atoms with van der Waals surface area (Å²) in [6.07, 6.45) is 1.51. The second-order valence-corrected chi connectivity index (χ2v) is 7.86. The van der Waals surface area contributed by atoms with Gasteiger partial charge in [0, 0.05) is 5.02 Å². The Morgan fingerprint density at radius 2 is 1.87 bits per heavy atom. The molecule has 0 radical (unpaired) electrons. The number of methoxy groups -OCH3 is 1. The molecule has 0 aliphatic rings. The maximum Gasteiger partial charge on any atom is 0.255 e. The van der Waals surface area contributed by atoms with Crippen LogP contribution in [0.4, 0.5) is 5.69 Å². The topological polar surface area (TPSA) is 85.2 Å². The number of nitrogens with one attached hydrogen (secondary N) is 2. The van der Waals surface area contributed by atoms with E-state index in [-0.39, 0.29) is 24.3 Å². The molecule has 0 fully saturated rings. The summed E-state index contributed by atoms with van der Waals surface area (Å²) in [5.74, 6) is -0.135. The molecule has 0 atom stereocenters. The van der Waals surface area contributed by atoms with Gasteiger partial charge in [-0.1, -0.05) is 31.5 Å². The number of aromatic nitrogens is 2. The molecule has 31 heavy (non-hydrogen) atoms. The molecule has 8 heteroatoms. The lowest BCUT2D eigenvalue weighted by Gasteiger charge is -2.14. The van der Waals surface area contributed by atoms with E-state index in [2.05, 4.69) is 15.7 Å². The predicted molar refractivity (Wildman–Crippen MR) is 121 cm³/mol. The average Bonchev–Trinajstić information content (AvgIpc) is 3.18. The van der Waals surface area contributed by atoms with Crippen LogP contribution in [0.5, 0.6) is 5.75 Å². The van der Waals surface area contributed by atoms with Crippen LogP contribution in [0.3, 0.4) is 0 Å². The molecular weight excluding hydrogens is 416 g/mol. The lowest BCUT2D eigenvalue weighted by Crippen LogP contribution is -2.33. The number of rotatable bonds is 7. The molecule has 2 N–H and O–H groups in total. The maximum absolute atomic E-state index is 12.8. The zero-order valence-corrected chi connectivity index (χ0v) is 18.7. The number of halogens is 1. The SMILES string of the molecule is COc1ccc(C)cc1NC(=O)CNC(=O)c1cnn(-c2ccc(Cl)cc2)c1C(C)C. The molecule has 0 spiro atoms. The number of carbonyl (C=O) groups excluding carboxylic acids is 2. The zero-order valence-electron chi connectivity index (χ0n) is 17.9. The Kier molecular flexibility index (Phi) is 6.97. The summed E-state index contributed by atoms with van der Waals surface area (Å²) in [6, 6.07) is 12.7. The summed E-state index contributed by atoms with van der Waals surface area (Å²) in [6.45, 7) is 5.70. The highest BCUT2D eigenvalue weighted by atomic mass is 35.5. The number of benzene rings is 2. The summed E-state index contributed by atoms with van der Waals surface area (Å²) >= 11 is 5.97. The largest absolute Gasteiger partial charge is 0.495 e. The molecule has 2 amide bonds. The van der Waals surface area contributed by atoms with Crippen molar-refractivity contribution >= 4 is 29.1 Å². The van der Waals surface area contributed by atoms with Crippen molar-refractivity contribution in [3.63, 3.8) is 0 Å². The van der Waals surface area contributed by atoms with Crippen molar-refractivity contribution < 1.29 is 14.3 Å². The third-order valence-electron chi connectivity index (χ3n) is 4.71. The van der Waals surface area contributed by atoms with Gasteiger partial charge >= 0.3 is 0 Å². The third kappa shape index (κ3) is 5.24. The quantitative estimate of drug-likeness (QED) is 0.572.